The summed E-state index contributed by atoms with van der Waals surface area (Å²) >= 11 is 4.18. The Labute approximate surface area is 255 Å². The number of hydrogen-bond acceptors (Lipinski definition) is 7. The highest BCUT2D eigenvalue weighted by Gasteiger charge is 2.76. The van der Waals surface area contributed by atoms with E-state index in [4.69, 9.17) is 0 Å². The van der Waals surface area contributed by atoms with Gasteiger partial charge in [0.1, 0.15) is 0 Å². The van der Waals surface area contributed by atoms with Crippen LogP contribution in [0.25, 0.3) is 11.1 Å². The van der Waals surface area contributed by atoms with Crippen LogP contribution in [0.2, 0.25) is 0 Å². The Balaban J connectivity index is 1.77. The third kappa shape index (κ3) is 6.73. The van der Waals surface area contributed by atoms with Gasteiger partial charge in [-0.2, -0.15) is 48.7 Å². The number of thiol groups is 1. The van der Waals surface area contributed by atoms with Gasteiger partial charge >= 0.3 is 30.1 Å². The van der Waals surface area contributed by atoms with Gasteiger partial charge in [0.25, 0.3) is 0 Å². The van der Waals surface area contributed by atoms with Crippen molar-refractivity contribution in [1.29, 1.82) is 0 Å². The smallest absolute Gasteiger partial charge is 0.368 e. The molecule has 1 fully saturated rings. The topological polar surface area (TPSA) is 76.2 Å². The minimum atomic E-state index is -6.48. The summed E-state index contributed by atoms with van der Waals surface area (Å²) in [5.41, 5.74) is -7.28. The molecule has 0 spiro atoms. The quantitative estimate of drug-likeness (QED) is 0.132. The van der Waals surface area contributed by atoms with Crippen LogP contribution in [0.15, 0.2) is 82.6 Å². The number of carbonyl (C=O) groups is 1. The average Bonchev–Trinajstić information content (AvgIpc) is 2.96. The van der Waals surface area contributed by atoms with Crippen LogP contribution in [0.1, 0.15) is 5.56 Å². The van der Waals surface area contributed by atoms with Gasteiger partial charge in [0.2, 0.25) is 10.0 Å². The number of piperazine rings is 1. The molecule has 45 heavy (non-hydrogen) atoms. The highest BCUT2D eigenvalue weighted by Crippen LogP contribution is 2.54. The van der Waals surface area contributed by atoms with E-state index in [9.17, 15) is 52.7 Å². The van der Waals surface area contributed by atoms with Crippen molar-refractivity contribution in [3.63, 3.8) is 0 Å². The summed E-state index contributed by atoms with van der Waals surface area (Å²) in [5, 5.41) is 0. The van der Waals surface area contributed by atoms with Crippen molar-refractivity contribution < 1.29 is 62.5 Å². The Morgan fingerprint density at radius 2 is 1.31 bits per heavy atom. The van der Waals surface area contributed by atoms with Crippen LogP contribution < -0.4 is 4.90 Å². The lowest BCUT2D eigenvalue weighted by molar-refractivity contribution is -0.478. The number of alkyl halides is 9. The highest BCUT2D eigenvalue weighted by atomic mass is 32.2. The van der Waals surface area contributed by atoms with E-state index in [2.05, 4.69) is 22.4 Å². The molecule has 0 bridgehead atoms. The van der Waals surface area contributed by atoms with E-state index in [0.29, 0.717) is 12.1 Å². The second-order valence-electron chi connectivity index (χ2n) is 9.59. The zero-order valence-electron chi connectivity index (χ0n) is 22.4. The number of anilines is 1. The fourth-order valence-electron chi connectivity index (χ4n) is 4.64. The van der Waals surface area contributed by atoms with Gasteiger partial charge in [-0.15, -0.1) is 12.6 Å². The summed E-state index contributed by atoms with van der Waals surface area (Å²) < 4.78 is 151. The monoisotopic (exact) mass is 688 g/mol. The lowest BCUT2D eigenvalue weighted by Gasteiger charge is -2.38. The Morgan fingerprint density at radius 3 is 1.84 bits per heavy atom. The number of hydrogen-bond donors (Lipinski definition) is 1. The van der Waals surface area contributed by atoms with Crippen LogP contribution >= 0.6 is 12.6 Å². The number of nitrogens with zero attached hydrogens (tertiary/aromatic N) is 2. The minimum Gasteiger partial charge on any atom is -0.368 e. The van der Waals surface area contributed by atoms with E-state index in [0.717, 1.165) is 10.4 Å². The molecule has 4 rings (SSSR count). The molecule has 0 radical (unpaired) electrons. The molecule has 0 unspecified atom stereocenters. The van der Waals surface area contributed by atoms with Crippen molar-refractivity contribution in [2.45, 2.75) is 33.9 Å². The summed E-state index contributed by atoms with van der Waals surface area (Å²) in [6.07, 6.45) is -18.9. The van der Waals surface area contributed by atoms with Gasteiger partial charge in [-0.05, 0) is 29.8 Å². The summed E-state index contributed by atoms with van der Waals surface area (Å²) in [4.78, 5) is 19.2. The normalized spacial score (nSPS) is 15.6. The Hall–Kier alpha value is -3.48. The van der Waals surface area contributed by atoms with Gasteiger partial charge in [-0.1, -0.05) is 48.5 Å². The Bertz CT molecular complexity index is 1620. The van der Waals surface area contributed by atoms with Crippen LogP contribution in [0, 0.1) is 0 Å². The van der Waals surface area contributed by atoms with Gasteiger partial charge in [-0.3, -0.25) is 4.89 Å². The molecule has 18 heteroatoms. The van der Waals surface area contributed by atoms with Crippen molar-refractivity contribution in [2.24, 2.45) is 0 Å². The molecule has 0 atom stereocenters. The van der Waals surface area contributed by atoms with Crippen molar-refractivity contribution >= 4 is 34.3 Å². The van der Waals surface area contributed by atoms with Crippen molar-refractivity contribution in [1.82, 2.24) is 4.31 Å². The van der Waals surface area contributed by atoms with Gasteiger partial charge in [0.05, 0.1) is 4.90 Å². The molecular formula is C27H21F9N2O5S2. The van der Waals surface area contributed by atoms with Crippen LogP contribution in [0.4, 0.5) is 45.2 Å². The molecule has 244 valence electrons. The molecule has 3 aromatic rings. The first kappa shape index (κ1) is 34.4. The SMILES string of the molecule is O=C(OOC(c1ccc(N2CCN(S(=O)(=O)c3ccccc3S)CC2)c(-c2ccccc2)c1)(C(F)(F)F)C(F)(F)F)C(F)(F)F. The van der Waals surface area contributed by atoms with Crippen LogP contribution in [-0.2, 0) is 30.2 Å². The molecule has 0 aromatic heterocycles. The molecule has 1 saturated heterocycles. The van der Waals surface area contributed by atoms with Crippen LogP contribution in [-0.4, -0.2) is 63.4 Å². The fraction of sp³-hybridized carbons (Fsp3) is 0.296. The first-order valence-corrected chi connectivity index (χ1v) is 14.5. The van der Waals surface area contributed by atoms with Crippen molar-refractivity contribution in [3.05, 3.63) is 78.4 Å². The minimum absolute atomic E-state index is 0.0451. The van der Waals surface area contributed by atoms with Crippen molar-refractivity contribution in [2.75, 3.05) is 31.1 Å². The van der Waals surface area contributed by atoms with Crippen LogP contribution in [0.5, 0.6) is 0 Å². The number of benzene rings is 3. The second kappa shape index (κ2) is 12.4. The highest BCUT2D eigenvalue weighted by molar-refractivity contribution is 7.90. The van der Waals surface area contributed by atoms with E-state index < -0.39 is 45.7 Å². The Kier molecular flexibility index (Phi) is 9.46. The van der Waals surface area contributed by atoms with Crippen LogP contribution in [0.3, 0.4) is 0 Å². The molecule has 1 aliphatic heterocycles. The first-order valence-electron chi connectivity index (χ1n) is 12.6. The third-order valence-electron chi connectivity index (χ3n) is 6.82. The van der Waals surface area contributed by atoms with E-state index in [1.807, 2.05) is 0 Å². The lowest BCUT2D eigenvalue weighted by atomic mass is 9.88. The van der Waals surface area contributed by atoms with Gasteiger partial charge < -0.3 is 4.90 Å². The maximum Gasteiger partial charge on any atom is 0.494 e. The molecule has 0 N–H and O–H groups in total. The molecule has 0 amide bonds. The Morgan fingerprint density at radius 1 is 0.756 bits per heavy atom. The zero-order valence-corrected chi connectivity index (χ0v) is 24.2. The molecule has 0 aliphatic carbocycles. The predicted molar refractivity (Wildman–Crippen MR) is 144 cm³/mol. The van der Waals surface area contributed by atoms with E-state index in [1.54, 1.807) is 6.07 Å². The number of rotatable bonds is 7. The maximum atomic E-state index is 14.2. The number of halogens is 9. The average molecular weight is 689 g/mol. The van der Waals surface area contributed by atoms with E-state index in [-0.39, 0.29) is 52.8 Å². The number of carbonyl (C=O) groups excluding carboxylic acids is 1. The zero-order chi connectivity index (χ0) is 33.4. The second-order valence-corrected chi connectivity index (χ2v) is 12.0. The third-order valence-corrected chi connectivity index (χ3v) is 9.32. The summed E-state index contributed by atoms with van der Waals surface area (Å²) in [6.45, 7) is -0.328. The van der Waals surface area contributed by atoms with Gasteiger partial charge in [0, 0.05) is 47.9 Å². The van der Waals surface area contributed by atoms with Crippen molar-refractivity contribution in [3.8, 4) is 11.1 Å². The van der Waals surface area contributed by atoms with E-state index in [1.165, 1.54) is 53.4 Å². The molecule has 3 aromatic carbocycles. The standard InChI is InChI=1S/C27H21F9N2O5S2/c28-25(29,30)23(39)42-43-24(26(31,32)33,27(34,35)36)18-10-11-20(19(16-18)17-6-2-1-3-7-17)37-12-14-38(15-13-37)45(40,41)22-9-5-4-8-21(22)44/h1-11,16,44H,12-15H2. The summed E-state index contributed by atoms with van der Waals surface area (Å²) in [6, 6.07) is 14.7. The summed E-state index contributed by atoms with van der Waals surface area (Å²) in [7, 11) is -4.00. The molecule has 1 aliphatic rings. The van der Waals surface area contributed by atoms with Gasteiger partial charge in [0.15, 0.2) is 0 Å². The predicted octanol–water partition coefficient (Wildman–Crippen LogP) is 6.51. The first-order chi connectivity index (χ1) is 20.8. The largest absolute Gasteiger partial charge is 0.494 e. The lowest BCUT2D eigenvalue weighted by Crippen LogP contribution is -2.56. The molecule has 0 saturated carbocycles. The summed E-state index contributed by atoms with van der Waals surface area (Å²) in [5.74, 6) is -3.44. The molecular weight excluding hydrogens is 667 g/mol. The number of sulfonamides is 1. The molecule has 7 nitrogen and oxygen atoms in total. The van der Waals surface area contributed by atoms with E-state index >= 15 is 0 Å². The maximum absolute atomic E-state index is 14.2. The molecule has 1 heterocycles. The van der Waals surface area contributed by atoms with Gasteiger partial charge in [-0.25, -0.2) is 13.2 Å². The fourth-order valence-corrected chi connectivity index (χ4v) is 6.65.